The van der Waals surface area contributed by atoms with E-state index >= 15 is 0 Å². The molecule has 0 amide bonds. The molecule has 0 bridgehead atoms. The van der Waals surface area contributed by atoms with Crippen LogP contribution in [0.1, 0.15) is 23.7 Å². The number of hydrogen-bond donors (Lipinski definition) is 1. The zero-order valence-electron chi connectivity index (χ0n) is 15.0. The van der Waals surface area contributed by atoms with Gasteiger partial charge in [-0.2, -0.15) is 0 Å². The molecular weight excluding hydrogens is 318 g/mol. The molecule has 130 valence electrons. The summed E-state index contributed by atoms with van der Waals surface area (Å²) in [5, 5.41) is 0.736. The number of fused-ring (bicyclic) bond motifs is 1. The lowest BCUT2D eigenvalue weighted by molar-refractivity contribution is 1.13. The molecule has 2 heteroatoms. The van der Waals surface area contributed by atoms with Gasteiger partial charge in [0.25, 0.3) is 0 Å². The number of aromatic amines is 1. The number of para-hydroxylation sites is 1. The molecule has 26 heavy (non-hydrogen) atoms. The molecule has 3 rings (SSSR count). The highest BCUT2D eigenvalue weighted by Gasteiger charge is 1.99. The van der Waals surface area contributed by atoms with Gasteiger partial charge >= 0.3 is 0 Å². The number of H-pyrrole nitrogens is 1. The molecule has 0 aliphatic heterocycles. The summed E-state index contributed by atoms with van der Waals surface area (Å²) < 4.78 is 0. The van der Waals surface area contributed by atoms with E-state index in [4.69, 9.17) is 0 Å². The van der Waals surface area contributed by atoms with E-state index in [-0.39, 0.29) is 5.43 Å². The fourth-order valence-corrected chi connectivity index (χ4v) is 2.97. The van der Waals surface area contributed by atoms with Crippen molar-refractivity contribution in [2.45, 2.75) is 19.8 Å². The van der Waals surface area contributed by atoms with E-state index in [1.165, 1.54) is 11.1 Å². The summed E-state index contributed by atoms with van der Waals surface area (Å²) in [4.78, 5) is 15.4. The minimum atomic E-state index is 0.0684. The second-order valence-electron chi connectivity index (χ2n) is 6.17. The van der Waals surface area contributed by atoms with E-state index < -0.39 is 0 Å². The first-order chi connectivity index (χ1) is 12.8. The molecule has 0 saturated carbocycles. The predicted molar refractivity (Wildman–Crippen MR) is 111 cm³/mol. The van der Waals surface area contributed by atoms with Gasteiger partial charge in [-0.15, -0.1) is 0 Å². The van der Waals surface area contributed by atoms with Gasteiger partial charge in [0.05, 0.1) is 0 Å². The number of aromatic nitrogens is 1. The van der Waals surface area contributed by atoms with Crippen molar-refractivity contribution < 1.29 is 0 Å². The minimum Gasteiger partial charge on any atom is -0.358 e. The minimum absolute atomic E-state index is 0.0684. The topological polar surface area (TPSA) is 32.9 Å². The smallest absolute Gasteiger partial charge is 0.189 e. The van der Waals surface area contributed by atoms with Crippen molar-refractivity contribution in [3.05, 3.63) is 112 Å². The first kappa shape index (κ1) is 17.7. The van der Waals surface area contributed by atoms with Crippen molar-refractivity contribution >= 4 is 17.0 Å². The second kappa shape index (κ2) is 8.82. The average Bonchev–Trinajstić information content (AvgIpc) is 2.66. The third kappa shape index (κ3) is 4.48. The largest absolute Gasteiger partial charge is 0.358 e. The number of rotatable bonds is 6. The van der Waals surface area contributed by atoms with Crippen molar-refractivity contribution in [1.82, 2.24) is 4.98 Å². The molecule has 0 atom stereocenters. The van der Waals surface area contributed by atoms with E-state index in [1.54, 1.807) is 6.07 Å². The van der Waals surface area contributed by atoms with Gasteiger partial charge in [-0.25, -0.2) is 0 Å². The maximum atomic E-state index is 12.1. The normalized spacial score (nSPS) is 12.0. The summed E-state index contributed by atoms with van der Waals surface area (Å²) in [5.41, 5.74) is 4.46. The maximum Gasteiger partial charge on any atom is 0.189 e. The summed E-state index contributed by atoms with van der Waals surface area (Å²) in [7, 11) is 0. The standard InChI is InChI=1S/C24H23NO/c1-2-11-19-13-7-8-14-20(19)12-5-3-4-6-15-21-18-24(26)22-16-9-10-17-23(22)25-21/h2-11,13-14,16-18H,12,15H2,1H3,(H,25,26)/b5-3+,6-4-,11-2+. The van der Waals surface area contributed by atoms with Gasteiger partial charge in [0.15, 0.2) is 5.43 Å². The maximum absolute atomic E-state index is 12.1. The number of nitrogens with one attached hydrogen (secondary N) is 1. The van der Waals surface area contributed by atoms with Gasteiger partial charge in [-0.3, -0.25) is 4.79 Å². The Labute approximate surface area is 154 Å². The molecule has 3 aromatic rings. The Hall–Kier alpha value is -3.13. The van der Waals surface area contributed by atoms with E-state index in [0.717, 1.165) is 23.0 Å². The molecule has 0 radical (unpaired) electrons. The van der Waals surface area contributed by atoms with E-state index in [9.17, 15) is 4.79 Å². The Morgan fingerprint density at radius 1 is 0.923 bits per heavy atom. The molecule has 1 heterocycles. The van der Waals surface area contributed by atoms with Crippen LogP contribution in [0.4, 0.5) is 0 Å². The molecule has 0 aliphatic rings. The van der Waals surface area contributed by atoms with E-state index in [1.807, 2.05) is 37.3 Å². The third-order valence-electron chi connectivity index (χ3n) is 4.25. The Morgan fingerprint density at radius 2 is 1.65 bits per heavy atom. The van der Waals surface area contributed by atoms with Gasteiger partial charge in [0, 0.05) is 29.1 Å². The van der Waals surface area contributed by atoms with E-state index in [0.29, 0.717) is 6.42 Å². The summed E-state index contributed by atoms with van der Waals surface area (Å²) in [5.74, 6) is 0. The molecule has 1 aromatic heterocycles. The summed E-state index contributed by atoms with van der Waals surface area (Å²) in [6.45, 7) is 2.03. The lowest BCUT2D eigenvalue weighted by atomic mass is 10.0. The first-order valence-electron chi connectivity index (χ1n) is 8.91. The van der Waals surface area contributed by atoms with Crippen LogP contribution >= 0.6 is 0 Å². The van der Waals surface area contributed by atoms with Gasteiger partial charge in [0.2, 0.25) is 0 Å². The van der Waals surface area contributed by atoms with E-state index in [2.05, 4.69) is 59.6 Å². The van der Waals surface area contributed by atoms with Crippen LogP contribution in [0.15, 0.2) is 89.8 Å². The Bertz CT molecular complexity index is 1020. The van der Waals surface area contributed by atoms with Crippen LogP contribution in [0.5, 0.6) is 0 Å². The van der Waals surface area contributed by atoms with Crippen molar-refractivity contribution in [3.63, 3.8) is 0 Å². The van der Waals surface area contributed by atoms with Crippen LogP contribution in [-0.4, -0.2) is 4.98 Å². The zero-order chi connectivity index (χ0) is 18.2. The Morgan fingerprint density at radius 3 is 2.50 bits per heavy atom. The van der Waals surface area contributed by atoms with Crippen molar-refractivity contribution in [3.8, 4) is 0 Å². The number of hydrogen-bond acceptors (Lipinski definition) is 1. The van der Waals surface area contributed by atoms with Crippen molar-refractivity contribution in [2.24, 2.45) is 0 Å². The lowest BCUT2D eigenvalue weighted by Crippen LogP contribution is -2.04. The molecule has 0 unspecified atom stereocenters. The van der Waals surface area contributed by atoms with Crippen LogP contribution in [0.25, 0.3) is 17.0 Å². The zero-order valence-corrected chi connectivity index (χ0v) is 15.0. The van der Waals surface area contributed by atoms with Gasteiger partial charge in [-0.05, 0) is 36.6 Å². The first-order valence-corrected chi connectivity index (χ1v) is 8.91. The lowest BCUT2D eigenvalue weighted by Gasteiger charge is -2.02. The third-order valence-corrected chi connectivity index (χ3v) is 4.25. The van der Waals surface area contributed by atoms with Crippen LogP contribution in [0.3, 0.4) is 0 Å². The summed E-state index contributed by atoms with van der Waals surface area (Å²) >= 11 is 0. The fraction of sp³-hybridized carbons (Fsp3) is 0.125. The van der Waals surface area contributed by atoms with Crippen LogP contribution in [-0.2, 0) is 12.8 Å². The molecule has 0 saturated heterocycles. The van der Waals surface area contributed by atoms with Crippen LogP contribution in [0, 0.1) is 0 Å². The highest BCUT2D eigenvalue weighted by molar-refractivity contribution is 5.78. The highest BCUT2D eigenvalue weighted by Crippen LogP contribution is 2.12. The van der Waals surface area contributed by atoms with Crippen molar-refractivity contribution in [1.29, 1.82) is 0 Å². The second-order valence-corrected chi connectivity index (χ2v) is 6.17. The van der Waals surface area contributed by atoms with Gasteiger partial charge in [-0.1, -0.05) is 72.9 Å². The molecule has 1 N–H and O–H groups in total. The van der Waals surface area contributed by atoms with Crippen LogP contribution < -0.4 is 5.43 Å². The Balaban J connectivity index is 1.61. The molecule has 0 aliphatic carbocycles. The molecule has 0 fully saturated rings. The van der Waals surface area contributed by atoms with Crippen LogP contribution in [0.2, 0.25) is 0 Å². The highest BCUT2D eigenvalue weighted by atomic mass is 16.1. The van der Waals surface area contributed by atoms with Gasteiger partial charge in [0.1, 0.15) is 0 Å². The number of pyridine rings is 1. The quantitative estimate of drug-likeness (QED) is 0.593. The molecular formula is C24H23NO. The van der Waals surface area contributed by atoms with Crippen molar-refractivity contribution in [2.75, 3.05) is 0 Å². The molecule has 0 spiro atoms. The average molecular weight is 341 g/mol. The predicted octanol–water partition coefficient (Wildman–Crippen LogP) is 5.46. The monoisotopic (exact) mass is 341 g/mol. The SMILES string of the molecule is C/C=C/c1ccccc1C/C=C/C=C\Cc1cc(=O)c2ccccc2[nH]1. The molecule has 2 nitrogen and oxygen atoms in total. The molecule has 2 aromatic carbocycles. The number of benzene rings is 2. The Kier molecular flexibility index (Phi) is 6.00. The summed E-state index contributed by atoms with van der Waals surface area (Å²) in [6.07, 6.45) is 14.1. The summed E-state index contributed by atoms with van der Waals surface area (Å²) in [6, 6.07) is 17.7. The van der Waals surface area contributed by atoms with Gasteiger partial charge < -0.3 is 4.98 Å². The fourth-order valence-electron chi connectivity index (χ4n) is 2.97. The number of allylic oxidation sites excluding steroid dienone is 5.